The molecule has 0 atom stereocenters. The first-order chi connectivity index (χ1) is 9.32. The van der Waals surface area contributed by atoms with Crippen molar-refractivity contribution in [1.82, 2.24) is 0 Å². The van der Waals surface area contributed by atoms with Gasteiger partial charge in [0.1, 0.15) is 5.75 Å². The van der Waals surface area contributed by atoms with Crippen LogP contribution in [0.1, 0.15) is 27.7 Å². The Balaban J connectivity index is 2.60. The van der Waals surface area contributed by atoms with E-state index >= 15 is 0 Å². The summed E-state index contributed by atoms with van der Waals surface area (Å²) in [5, 5.41) is 11.9. The smallest absolute Gasteiger partial charge is 0.193 e. The van der Waals surface area contributed by atoms with Crippen molar-refractivity contribution in [3.8, 4) is 11.8 Å². The quantitative estimate of drug-likeness (QED) is 0.638. The molecule has 0 aromatic heterocycles. The fraction of sp³-hybridized carbons (Fsp3) is 0.467. The van der Waals surface area contributed by atoms with Crippen LogP contribution in [0, 0.1) is 16.7 Å². The second kappa shape index (κ2) is 6.80. The van der Waals surface area contributed by atoms with E-state index in [9.17, 15) is 0 Å². The molecule has 0 bridgehead atoms. The second-order valence-corrected chi connectivity index (χ2v) is 5.51. The van der Waals surface area contributed by atoms with Gasteiger partial charge in [0.15, 0.2) is 5.96 Å². The molecule has 0 saturated heterocycles. The van der Waals surface area contributed by atoms with E-state index in [1.165, 1.54) is 0 Å². The van der Waals surface area contributed by atoms with Gasteiger partial charge in [0.2, 0.25) is 0 Å². The molecule has 0 heterocycles. The number of rotatable bonds is 5. The number of nitrogens with zero attached hydrogens (tertiary/aromatic N) is 2. The van der Waals surface area contributed by atoms with Crippen LogP contribution in [0.15, 0.2) is 29.3 Å². The lowest BCUT2D eigenvalue weighted by Crippen LogP contribution is -2.25. The monoisotopic (exact) mass is 274 g/mol. The number of hydrogen-bond acceptors (Lipinski definition) is 3. The molecule has 0 aliphatic heterocycles. The van der Waals surface area contributed by atoms with E-state index in [1.807, 2.05) is 52.0 Å². The number of nitrogens with one attached hydrogen (secondary N) is 1. The minimum atomic E-state index is -0.513. The number of aliphatic imine (C=N–C) groups is 1. The first kappa shape index (κ1) is 15.8. The molecule has 0 fully saturated rings. The summed E-state index contributed by atoms with van der Waals surface area (Å²) in [5.41, 5.74) is 6.10. The van der Waals surface area contributed by atoms with Gasteiger partial charge in [-0.05, 0) is 52.0 Å². The molecule has 5 nitrogen and oxygen atoms in total. The Morgan fingerprint density at radius 2 is 2.00 bits per heavy atom. The van der Waals surface area contributed by atoms with Crippen LogP contribution in [0.2, 0.25) is 0 Å². The van der Waals surface area contributed by atoms with Gasteiger partial charge in [-0.2, -0.15) is 5.26 Å². The van der Waals surface area contributed by atoms with E-state index in [0.29, 0.717) is 12.5 Å². The number of nitrogens with two attached hydrogens (primary N) is 1. The highest BCUT2D eigenvalue weighted by molar-refractivity contribution is 5.92. The van der Waals surface area contributed by atoms with E-state index in [1.54, 1.807) is 0 Å². The van der Waals surface area contributed by atoms with Crippen molar-refractivity contribution >= 4 is 11.6 Å². The van der Waals surface area contributed by atoms with E-state index in [2.05, 4.69) is 16.4 Å². The van der Waals surface area contributed by atoms with Crippen molar-refractivity contribution in [2.75, 3.05) is 11.9 Å². The fourth-order valence-corrected chi connectivity index (χ4v) is 1.39. The Kier molecular flexibility index (Phi) is 5.39. The highest BCUT2D eigenvalue weighted by atomic mass is 16.5. The number of hydrogen-bond donors (Lipinski definition) is 2. The average Bonchev–Trinajstić information content (AvgIpc) is 2.38. The number of anilines is 1. The molecule has 0 amide bonds. The van der Waals surface area contributed by atoms with Crippen LogP contribution in [0.25, 0.3) is 0 Å². The number of nitriles is 1. The van der Waals surface area contributed by atoms with E-state index in [4.69, 9.17) is 15.7 Å². The first-order valence-electron chi connectivity index (χ1n) is 6.57. The zero-order valence-electron chi connectivity index (χ0n) is 12.5. The third-order valence-electron chi connectivity index (χ3n) is 2.45. The van der Waals surface area contributed by atoms with Gasteiger partial charge in [0, 0.05) is 5.69 Å². The summed E-state index contributed by atoms with van der Waals surface area (Å²) in [6.07, 6.45) is 0.147. The summed E-state index contributed by atoms with van der Waals surface area (Å²) in [5.74, 6) is 1.11. The molecule has 3 N–H and O–H groups in total. The van der Waals surface area contributed by atoms with Crippen LogP contribution in [-0.2, 0) is 0 Å². The number of guanidine groups is 1. The minimum Gasteiger partial charge on any atom is -0.491 e. The van der Waals surface area contributed by atoms with E-state index in [-0.39, 0.29) is 6.10 Å². The third kappa shape index (κ3) is 5.61. The highest BCUT2D eigenvalue weighted by Crippen LogP contribution is 2.17. The molecule has 0 aliphatic carbocycles. The lowest BCUT2D eigenvalue weighted by atomic mass is 9.96. The normalized spacial score (nSPS) is 12.1. The summed E-state index contributed by atoms with van der Waals surface area (Å²) in [7, 11) is 0. The van der Waals surface area contributed by atoms with Crippen LogP contribution in [0.4, 0.5) is 5.69 Å². The van der Waals surface area contributed by atoms with Gasteiger partial charge in [-0.3, -0.25) is 4.99 Å². The van der Waals surface area contributed by atoms with Crippen molar-refractivity contribution in [3.05, 3.63) is 24.3 Å². The lowest BCUT2D eigenvalue weighted by molar-refractivity contribution is 0.242. The summed E-state index contributed by atoms with van der Waals surface area (Å²) in [6, 6.07) is 9.66. The molecular weight excluding hydrogens is 252 g/mol. The zero-order valence-corrected chi connectivity index (χ0v) is 12.5. The van der Waals surface area contributed by atoms with Crippen LogP contribution in [0.3, 0.4) is 0 Å². The van der Waals surface area contributed by atoms with Gasteiger partial charge in [-0.1, -0.05) is 0 Å². The topological polar surface area (TPSA) is 83.4 Å². The van der Waals surface area contributed by atoms with E-state index in [0.717, 1.165) is 11.4 Å². The van der Waals surface area contributed by atoms with Gasteiger partial charge in [-0.15, -0.1) is 0 Å². The Morgan fingerprint density at radius 3 is 2.50 bits per heavy atom. The predicted octanol–water partition coefficient (Wildman–Crippen LogP) is 2.75. The first-order valence-corrected chi connectivity index (χ1v) is 6.57. The highest BCUT2D eigenvalue weighted by Gasteiger charge is 2.15. The van der Waals surface area contributed by atoms with Crippen molar-refractivity contribution in [1.29, 1.82) is 5.26 Å². The van der Waals surface area contributed by atoms with Crippen molar-refractivity contribution in [3.63, 3.8) is 0 Å². The van der Waals surface area contributed by atoms with Crippen molar-refractivity contribution < 1.29 is 4.74 Å². The molecule has 0 aliphatic rings. The number of benzene rings is 1. The minimum absolute atomic E-state index is 0.147. The van der Waals surface area contributed by atoms with Gasteiger partial charge in [0.05, 0.1) is 24.1 Å². The molecular formula is C15H22N4O. The third-order valence-corrected chi connectivity index (χ3v) is 2.45. The molecule has 0 radical (unpaired) electrons. The standard InChI is InChI=1S/C15H22N4O/c1-11(2)20-13-7-5-12(6-8-13)19-14(17)18-10-15(3,4)9-16/h5-8,11H,10H2,1-4H3,(H3,17,18,19). The Bertz CT molecular complexity index is 498. The summed E-state index contributed by atoms with van der Waals surface area (Å²) < 4.78 is 5.56. The average molecular weight is 274 g/mol. The maximum absolute atomic E-state index is 8.90. The largest absolute Gasteiger partial charge is 0.491 e. The maximum Gasteiger partial charge on any atom is 0.193 e. The molecule has 0 saturated carbocycles. The van der Waals surface area contributed by atoms with Crippen molar-refractivity contribution in [2.24, 2.45) is 16.1 Å². The summed E-state index contributed by atoms with van der Waals surface area (Å²) >= 11 is 0. The molecule has 1 aromatic carbocycles. The van der Waals surface area contributed by atoms with Gasteiger partial charge >= 0.3 is 0 Å². The molecule has 108 valence electrons. The fourth-order valence-electron chi connectivity index (χ4n) is 1.39. The molecule has 0 unspecified atom stereocenters. The van der Waals surface area contributed by atoms with E-state index < -0.39 is 5.41 Å². The molecule has 0 spiro atoms. The van der Waals surface area contributed by atoms with Crippen LogP contribution >= 0.6 is 0 Å². The van der Waals surface area contributed by atoms with Crippen LogP contribution in [0.5, 0.6) is 5.75 Å². The second-order valence-electron chi connectivity index (χ2n) is 5.51. The van der Waals surface area contributed by atoms with Crippen molar-refractivity contribution in [2.45, 2.75) is 33.8 Å². The lowest BCUT2D eigenvalue weighted by Gasteiger charge is -2.13. The summed E-state index contributed by atoms with van der Waals surface area (Å²) in [4.78, 5) is 4.16. The SMILES string of the molecule is CC(C)Oc1ccc(NC(N)=NCC(C)(C)C#N)cc1. The zero-order chi connectivity index (χ0) is 15.2. The molecule has 1 aromatic rings. The Labute approximate surface area is 120 Å². The number of ether oxygens (including phenoxy) is 1. The Morgan fingerprint density at radius 1 is 1.40 bits per heavy atom. The molecule has 5 heteroatoms. The van der Waals surface area contributed by atoms with Gasteiger partial charge in [0.25, 0.3) is 0 Å². The van der Waals surface area contributed by atoms with Crippen LogP contribution in [-0.4, -0.2) is 18.6 Å². The van der Waals surface area contributed by atoms with Gasteiger partial charge in [-0.25, -0.2) is 0 Å². The Hall–Kier alpha value is -2.22. The predicted molar refractivity (Wildman–Crippen MR) is 81.7 cm³/mol. The van der Waals surface area contributed by atoms with Gasteiger partial charge < -0.3 is 15.8 Å². The maximum atomic E-state index is 8.90. The molecule has 1 rings (SSSR count). The van der Waals surface area contributed by atoms with Crippen LogP contribution < -0.4 is 15.8 Å². The molecule has 20 heavy (non-hydrogen) atoms. The summed E-state index contributed by atoms with van der Waals surface area (Å²) in [6.45, 7) is 7.96.